The Hall–Kier alpha value is -3.07. The molecule has 0 bridgehead atoms. The van der Waals surface area contributed by atoms with Crippen LogP contribution in [0.15, 0.2) is 90.0 Å². The van der Waals surface area contributed by atoms with Crippen molar-refractivity contribution in [3.8, 4) is 0 Å². The second-order valence-electron chi connectivity index (χ2n) is 5.83. The number of nitrogens with one attached hydrogen (secondary N) is 1. The molecule has 0 atom stereocenters. The summed E-state index contributed by atoms with van der Waals surface area (Å²) in [6, 6.07) is 29.0. The molecule has 1 N–H and O–H groups in total. The second kappa shape index (κ2) is 8.69. The van der Waals surface area contributed by atoms with Crippen LogP contribution < -0.4 is 10.3 Å². The lowest BCUT2D eigenvalue weighted by atomic mass is 10.1. The van der Waals surface area contributed by atoms with Gasteiger partial charge in [-0.2, -0.15) is 5.10 Å². The van der Waals surface area contributed by atoms with E-state index in [0.29, 0.717) is 0 Å². The third-order valence-electron chi connectivity index (χ3n) is 4.04. The summed E-state index contributed by atoms with van der Waals surface area (Å²) in [5.41, 5.74) is 7.63. The van der Waals surface area contributed by atoms with Crippen molar-refractivity contribution in [1.29, 1.82) is 0 Å². The van der Waals surface area contributed by atoms with Crippen LogP contribution in [0.25, 0.3) is 0 Å². The number of para-hydroxylation sites is 1. The van der Waals surface area contributed by atoms with Gasteiger partial charge in [0.2, 0.25) is 0 Å². The molecule has 0 spiro atoms. The van der Waals surface area contributed by atoms with Crippen molar-refractivity contribution < 1.29 is 0 Å². The summed E-state index contributed by atoms with van der Waals surface area (Å²) in [6.07, 6.45) is 1.84. The molecule has 3 aromatic carbocycles. The summed E-state index contributed by atoms with van der Waals surface area (Å²) in [5, 5.41) is 4.29. The molecule has 3 nitrogen and oxygen atoms in total. The van der Waals surface area contributed by atoms with E-state index >= 15 is 0 Å². The number of nitrogens with zero attached hydrogens (tertiary/aromatic N) is 2. The Balaban J connectivity index is 1.62. The van der Waals surface area contributed by atoms with E-state index < -0.39 is 0 Å². The highest BCUT2D eigenvalue weighted by Gasteiger charge is 2.04. The van der Waals surface area contributed by atoms with Gasteiger partial charge >= 0.3 is 0 Å². The van der Waals surface area contributed by atoms with Crippen molar-refractivity contribution >= 4 is 17.6 Å². The molecule has 3 aromatic rings. The van der Waals surface area contributed by atoms with Gasteiger partial charge in [-0.05, 0) is 42.3 Å². The predicted octanol–water partition coefficient (Wildman–Crippen LogP) is 5.16. The van der Waals surface area contributed by atoms with Crippen LogP contribution in [0.1, 0.15) is 18.1 Å². The third-order valence-corrected chi connectivity index (χ3v) is 4.04. The Bertz CT molecular complexity index is 781. The number of hydrazone groups is 1. The summed E-state index contributed by atoms with van der Waals surface area (Å²) in [7, 11) is 0. The quantitative estimate of drug-likeness (QED) is 0.479. The average Bonchev–Trinajstić information content (AvgIpc) is 2.68. The Labute approximate surface area is 149 Å². The molecule has 0 radical (unpaired) electrons. The van der Waals surface area contributed by atoms with Crippen LogP contribution in [0.2, 0.25) is 0 Å². The van der Waals surface area contributed by atoms with Gasteiger partial charge in [0, 0.05) is 18.8 Å². The second-order valence-corrected chi connectivity index (χ2v) is 5.83. The summed E-state index contributed by atoms with van der Waals surface area (Å²) < 4.78 is 0. The van der Waals surface area contributed by atoms with Gasteiger partial charge < -0.3 is 4.90 Å². The first kappa shape index (κ1) is 16.8. The predicted molar refractivity (Wildman–Crippen MR) is 107 cm³/mol. The van der Waals surface area contributed by atoms with Crippen molar-refractivity contribution in [2.75, 3.05) is 16.9 Å². The van der Waals surface area contributed by atoms with Gasteiger partial charge in [0.25, 0.3) is 0 Å². The number of hydrogen-bond donors (Lipinski definition) is 1. The van der Waals surface area contributed by atoms with Crippen LogP contribution in [0, 0.1) is 0 Å². The lowest BCUT2D eigenvalue weighted by Crippen LogP contribution is -2.21. The van der Waals surface area contributed by atoms with E-state index in [0.717, 1.165) is 24.3 Å². The maximum absolute atomic E-state index is 4.29. The molecule has 0 unspecified atom stereocenters. The summed E-state index contributed by atoms with van der Waals surface area (Å²) in [5.74, 6) is 0. The number of rotatable bonds is 7. The number of hydrogen-bond acceptors (Lipinski definition) is 3. The molecule has 0 aliphatic carbocycles. The minimum atomic E-state index is 0.917. The van der Waals surface area contributed by atoms with Crippen LogP contribution in [0.5, 0.6) is 0 Å². The highest BCUT2D eigenvalue weighted by atomic mass is 15.3. The lowest BCUT2D eigenvalue weighted by molar-refractivity contribution is 0.832. The zero-order valence-electron chi connectivity index (χ0n) is 14.5. The zero-order chi connectivity index (χ0) is 17.3. The van der Waals surface area contributed by atoms with Gasteiger partial charge in [-0.3, -0.25) is 5.43 Å². The standard InChI is InChI=1S/C22H23N3/c1-2-25(18-20-9-5-3-6-10-20)22-15-13-19(14-16-22)17-23-24-21-11-7-4-8-12-21/h3-17,24H,2,18H2,1H3/b23-17+. The molecular formula is C22H23N3. The topological polar surface area (TPSA) is 27.6 Å². The van der Waals surface area contributed by atoms with E-state index in [1.807, 2.05) is 36.5 Å². The first-order valence-corrected chi connectivity index (χ1v) is 8.58. The molecule has 0 fully saturated rings. The molecule has 0 saturated heterocycles. The van der Waals surface area contributed by atoms with Crippen LogP contribution in [-0.4, -0.2) is 12.8 Å². The fourth-order valence-electron chi connectivity index (χ4n) is 2.65. The van der Waals surface area contributed by atoms with Crippen molar-refractivity contribution in [2.24, 2.45) is 5.10 Å². The monoisotopic (exact) mass is 329 g/mol. The fraction of sp³-hybridized carbons (Fsp3) is 0.136. The van der Waals surface area contributed by atoms with Gasteiger partial charge in [0.05, 0.1) is 11.9 Å². The molecule has 3 heteroatoms. The molecule has 0 saturated carbocycles. The minimum absolute atomic E-state index is 0.917. The molecule has 0 amide bonds. The van der Waals surface area contributed by atoms with E-state index in [1.54, 1.807) is 0 Å². The van der Waals surface area contributed by atoms with E-state index in [1.165, 1.54) is 11.3 Å². The minimum Gasteiger partial charge on any atom is -0.367 e. The molecule has 0 aliphatic heterocycles. The van der Waals surface area contributed by atoms with Crippen molar-refractivity contribution in [1.82, 2.24) is 0 Å². The van der Waals surface area contributed by atoms with Gasteiger partial charge in [-0.1, -0.05) is 60.7 Å². The van der Waals surface area contributed by atoms with Gasteiger partial charge in [-0.25, -0.2) is 0 Å². The Morgan fingerprint density at radius 3 is 2.12 bits per heavy atom. The maximum atomic E-state index is 4.29. The average molecular weight is 329 g/mol. The lowest BCUT2D eigenvalue weighted by Gasteiger charge is -2.23. The largest absolute Gasteiger partial charge is 0.367 e. The van der Waals surface area contributed by atoms with E-state index in [-0.39, 0.29) is 0 Å². The molecule has 0 aliphatic rings. The van der Waals surface area contributed by atoms with Crippen molar-refractivity contribution in [3.05, 3.63) is 96.1 Å². The summed E-state index contributed by atoms with van der Waals surface area (Å²) in [6.45, 7) is 4.07. The van der Waals surface area contributed by atoms with Crippen LogP contribution in [0.4, 0.5) is 11.4 Å². The first-order chi connectivity index (χ1) is 12.3. The fourth-order valence-corrected chi connectivity index (χ4v) is 2.65. The Kier molecular flexibility index (Phi) is 5.83. The van der Waals surface area contributed by atoms with Gasteiger partial charge in [0.15, 0.2) is 0 Å². The van der Waals surface area contributed by atoms with Crippen LogP contribution in [-0.2, 0) is 6.54 Å². The first-order valence-electron chi connectivity index (χ1n) is 8.58. The molecule has 126 valence electrons. The van der Waals surface area contributed by atoms with Crippen LogP contribution >= 0.6 is 0 Å². The Morgan fingerprint density at radius 2 is 1.48 bits per heavy atom. The molecule has 3 rings (SSSR count). The smallest absolute Gasteiger partial charge is 0.0561 e. The van der Waals surface area contributed by atoms with E-state index in [2.05, 4.69) is 76.9 Å². The van der Waals surface area contributed by atoms with E-state index in [9.17, 15) is 0 Å². The summed E-state index contributed by atoms with van der Waals surface area (Å²) >= 11 is 0. The highest BCUT2D eigenvalue weighted by molar-refractivity contribution is 5.81. The third kappa shape index (κ3) is 4.95. The number of benzene rings is 3. The van der Waals surface area contributed by atoms with Crippen LogP contribution in [0.3, 0.4) is 0 Å². The molecular weight excluding hydrogens is 306 g/mol. The molecule has 25 heavy (non-hydrogen) atoms. The van der Waals surface area contributed by atoms with Gasteiger partial charge in [0.1, 0.15) is 0 Å². The molecule has 0 aromatic heterocycles. The van der Waals surface area contributed by atoms with Crippen molar-refractivity contribution in [2.45, 2.75) is 13.5 Å². The summed E-state index contributed by atoms with van der Waals surface area (Å²) in [4.78, 5) is 2.36. The van der Waals surface area contributed by atoms with Gasteiger partial charge in [-0.15, -0.1) is 0 Å². The SMILES string of the molecule is CCN(Cc1ccccc1)c1ccc(/C=N/Nc2ccccc2)cc1. The maximum Gasteiger partial charge on any atom is 0.0561 e. The normalized spacial score (nSPS) is 10.8. The van der Waals surface area contributed by atoms with E-state index in [4.69, 9.17) is 0 Å². The van der Waals surface area contributed by atoms with Crippen molar-refractivity contribution in [3.63, 3.8) is 0 Å². The Morgan fingerprint density at radius 1 is 0.840 bits per heavy atom. The number of anilines is 2. The molecule has 0 heterocycles. The zero-order valence-corrected chi connectivity index (χ0v) is 14.5. The highest BCUT2D eigenvalue weighted by Crippen LogP contribution is 2.17.